The van der Waals surface area contributed by atoms with E-state index in [-0.39, 0.29) is 5.41 Å². The van der Waals surface area contributed by atoms with Crippen molar-refractivity contribution in [3.8, 4) is 5.75 Å². The summed E-state index contributed by atoms with van der Waals surface area (Å²) in [6.45, 7) is 4.27. The standard InChI is InChI=1S/C20H23BrN2O2/c1-20(2,17-9-14(21)4-5-19(17)25-3)11-16(24)10-15-8-13-6-7-22-12-18(13)23-15/h4-9,12,16,23-24H,10-11H2,1-3H3. The lowest BCUT2D eigenvalue weighted by atomic mass is 9.78. The van der Waals surface area contributed by atoms with E-state index in [2.05, 4.69) is 51.9 Å². The van der Waals surface area contributed by atoms with Crippen LogP contribution in [0.25, 0.3) is 10.9 Å². The number of halogens is 1. The van der Waals surface area contributed by atoms with Crippen molar-refractivity contribution in [2.24, 2.45) is 0 Å². The van der Waals surface area contributed by atoms with E-state index in [1.165, 1.54) is 0 Å². The highest BCUT2D eigenvalue weighted by Crippen LogP contribution is 2.37. The van der Waals surface area contributed by atoms with E-state index >= 15 is 0 Å². The number of aliphatic hydroxyl groups excluding tert-OH is 1. The van der Waals surface area contributed by atoms with Gasteiger partial charge in [-0.1, -0.05) is 29.8 Å². The molecule has 1 aromatic carbocycles. The van der Waals surface area contributed by atoms with Crippen LogP contribution >= 0.6 is 15.9 Å². The Bertz CT molecular complexity index is 840. The summed E-state index contributed by atoms with van der Waals surface area (Å²) >= 11 is 3.53. The van der Waals surface area contributed by atoms with Crippen molar-refractivity contribution >= 4 is 26.8 Å². The lowest BCUT2D eigenvalue weighted by Gasteiger charge is -2.29. The molecule has 1 unspecified atom stereocenters. The van der Waals surface area contributed by atoms with Gasteiger partial charge >= 0.3 is 0 Å². The Labute approximate surface area is 156 Å². The maximum atomic E-state index is 10.7. The van der Waals surface area contributed by atoms with E-state index in [0.29, 0.717) is 12.8 Å². The molecule has 0 amide bonds. The first-order valence-electron chi connectivity index (χ1n) is 8.33. The van der Waals surface area contributed by atoms with E-state index in [0.717, 1.165) is 32.4 Å². The van der Waals surface area contributed by atoms with Crippen LogP contribution in [0.1, 0.15) is 31.5 Å². The Balaban J connectivity index is 1.77. The smallest absolute Gasteiger partial charge is 0.122 e. The van der Waals surface area contributed by atoms with Gasteiger partial charge in [-0.2, -0.15) is 0 Å². The lowest BCUT2D eigenvalue weighted by Crippen LogP contribution is -2.26. The quantitative estimate of drug-likeness (QED) is 0.632. The number of nitrogens with zero attached hydrogens (tertiary/aromatic N) is 1. The molecule has 1 atom stereocenters. The molecule has 2 heterocycles. The minimum Gasteiger partial charge on any atom is -0.496 e. The van der Waals surface area contributed by atoms with Gasteiger partial charge in [-0.3, -0.25) is 4.98 Å². The molecule has 2 N–H and O–H groups in total. The number of nitrogens with one attached hydrogen (secondary N) is 1. The van der Waals surface area contributed by atoms with Crippen molar-refractivity contribution in [3.05, 3.63) is 58.5 Å². The van der Waals surface area contributed by atoms with E-state index < -0.39 is 6.10 Å². The minimum absolute atomic E-state index is 0.220. The molecule has 0 saturated heterocycles. The molecule has 3 rings (SSSR count). The van der Waals surface area contributed by atoms with Crippen molar-refractivity contribution < 1.29 is 9.84 Å². The van der Waals surface area contributed by atoms with Crippen molar-refractivity contribution in [1.82, 2.24) is 9.97 Å². The molecule has 0 aliphatic heterocycles. The van der Waals surface area contributed by atoms with E-state index in [1.54, 1.807) is 13.3 Å². The average molecular weight is 403 g/mol. The molecule has 132 valence electrons. The fourth-order valence-electron chi connectivity index (χ4n) is 3.38. The van der Waals surface area contributed by atoms with Crippen LogP contribution in [0.4, 0.5) is 0 Å². The highest BCUT2D eigenvalue weighted by Gasteiger charge is 2.28. The van der Waals surface area contributed by atoms with Crippen molar-refractivity contribution in [3.63, 3.8) is 0 Å². The normalized spacial score (nSPS) is 13.2. The van der Waals surface area contributed by atoms with Gasteiger partial charge in [-0.25, -0.2) is 0 Å². The van der Waals surface area contributed by atoms with Gasteiger partial charge in [0.25, 0.3) is 0 Å². The summed E-state index contributed by atoms with van der Waals surface area (Å²) in [5.74, 6) is 0.845. The zero-order valence-corrected chi connectivity index (χ0v) is 16.3. The summed E-state index contributed by atoms with van der Waals surface area (Å²) in [5, 5.41) is 11.8. The van der Waals surface area contributed by atoms with E-state index in [4.69, 9.17) is 4.74 Å². The van der Waals surface area contributed by atoms with Crippen LogP contribution in [0.3, 0.4) is 0 Å². The van der Waals surface area contributed by atoms with Crippen LogP contribution < -0.4 is 4.74 Å². The predicted molar refractivity (Wildman–Crippen MR) is 104 cm³/mol. The monoisotopic (exact) mass is 402 g/mol. The van der Waals surface area contributed by atoms with Gasteiger partial charge in [0.15, 0.2) is 0 Å². The summed E-state index contributed by atoms with van der Waals surface area (Å²) < 4.78 is 6.52. The van der Waals surface area contributed by atoms with Crippen LogP contribution in [-0.4, -0.2) is 28.3 Å². The number of hydrogen-bond acceptors (Lipinski definition) is 3. The number of rotatable bonds is 6. The Morgan fingerprint density at radius 2 is 2.08 bits per heavy atom. The number of aromatic amines is 1. The fourth-order valence-corrected chi connectivity index (χ4v) is 3.74. The maximum Gasteiger partial charge on any atom is 0.122 e. The Morgan fingerprint density at radius 3 is 2.80 bits per heavy atom. The summed E-state index contributed by atoms with van der Waals surface area (Å²) in [5.41, 5.74) is 2.89. The fraction of sp³-hybridized carbons (Fsp3) is 0.350. The zero-order valence-electron chi connectivity index (χ0n) is 14.7. The third-order valence-corrected chi connectivity index (χ3v) is 5.07. The molecule has 5 heteroatoms. The zero-order chi connectivity index (χ0) is 18.0. The van der Waals surface area contributed by atoms with Gasteiger partial charge in [0.2, 0.25) is 0 Å². The molecule has 0 fully saturated rings. The number of pyridine rings is 1. The number of methoxy groups -OCH3 is 1. The van der Waals surface area contributed by atoms with Gasteiger partial charge in [0, 0.05) is 33.7 Å². The molecule has 2 aromatic heterocycles. The number of H-pyrrole nitrogens is 1. The van der Waals surface area contributed by atoms with Crippen molar-refractivity contribution in [2.75, 3.05) is 7.11 Å². The third kappa shape index (κ3) is 4.05. The molecule has 0 aliphatic carbocycles. The van der Waals surface area contributed by atoms with Gasteiger partial charge in [-0.15, -0.1) is 0 Å². The largest absolute Gasteiger partial charge is 0.496 e. The van der Waals surface area contributed by atoms with Gasteiger partial charge in [-0.05, 0) is 42.2 Å². The van der Waals surface area contributed by atoms with E-state index in [1.807, 2.05) is 24.4 Å². The molecule has 0 radical (unpaired) electrons. The molecule has 0 aliphatic rings. The summed E-state index contributed by atoms with van der Waals surface area (Å²) in [4.78, 5) is 7.45. The van der Waals surface area contributed by atoms with Crippen LogP contribution in [0.5, 0.6) is 5.75 Å². The molecular formula is C20H23BrN2O2. The number of benzene rings is 1. The maximum absolute atomic E-state index is 10.7. The number of hydrogen-bond donors (Lipinski definition) is 2. The highest BCUT2D eigenvalue weighted by atomic mass is 79.9. The Hall–Kier alpha value is -1.85. The van der Waals surface area contributed by atoms with Crippen molar-refractivity contribution in [1.29, 1.82) is 0 Å². The predicted octanol–water partition coefficient (Wildman–Crippen LogP) is 4.61. The lowest BCUT2D eigenvalue weighted by molar-refractivity contribution is 0.137. The van der Waals surface area contributed by atoms with Gasteiger partial charge in [0.1, 0.15) is 5.75 Å². The molecular weight excluding hydrogens is 380 g/mol. The first-order chi connectivity index (χ1) is 11.9. The second-order valence-corrected chi connectivity index (χ2v) is 7.96. The van der Waals surface area contributed by atoms with Crippen LogP contribution in [0.15, 0.2) is 47.2 Å². The number of aromatic nitrogens is 2. The number of ether oxygens (including phenoxy) is 1. The molecule has 0 bridgehead atoms. The second kappa shape index (κ2) is 7.18. The SMILES string of the molecule is COc1ccc(Br)cc1C(C)(C)CC(O)Cc1cc2ccncc2[nH]1. The summed E-state index contributed by atoms with van der Waals surface area (Å²) in [6.07, 6.45) is 4.34. The molecule has 0 spiro atoms. The third-order valence-electron chi connectivity index (χ3n) is 4.57. The summed E-state index contributed by atoms with van der Waals surface area (Å²) in [7, 11) is 1.68. The first kappa shape index (κ1) is 18.0. The molecule has 3 aromatic rings. The van der Waals surface area contributed by atoms with Crippen LogP contribution in [-0.2, 0) is 11.8 Å². The minimum atomic E-state index is -0.459. The Morgan fingerprint density at radius 1 is 1.28 bits per heavy atom. The summed E-state index contributed by atoms with van der Waals surface area (Å²) in [6, 6.07) is 10.0. The second-order valence-electron chi connectivity index (χ2n) is 7.05. The number of aliphatic hydroxyl groups is 1. The Kier molecular flexibility index (Phi) is 5.16. The first-order valence-corrected chi connectivity index (χ1v) is 9.12. The number of fused-ring (bicyclic) bond motifs is 1. The molecule has 0 saturated carbocycles. The van der Waals surface area contributed by atoms with Crippen molar-refractivity contribution in [2.45, 2.75) is 38.2 Å². The molecule has 4 nitrogen and oxygen atoms in total. The van der Waals surface area contributed by atoms with Gasteiger partial charge in [0.05, 0.1) is 24.9 Å². The van der Waals surface area contributed by atoms with Gasteiger partial charge < -0.3 is 14.8 Å². The van der Waals surface area contributed by atoms with E-state index in [9.17, 15) is 5.11 Å². The highest BCUT2D eigenvalue weighted by molar-refractivity contribution is 9.10. The molecule has 25 heavy (non-hydrogen) atoms. The average Bonchev–Trinajstić information content (AvgIpc) is 2.96. The van der Waals surface area contributed by atoms with Crippen LogP contribution in [0.2, 0.25) is 0 Å². The topological polar surface area (TPSA) is 58.1 Å². The van der Waals surface area contributed by atoms with Crippen LogP contribution in [0, 0.1) is 0 Å².